The number of rotatable bonds is 24. The average molecular weight is 603 g/mol. The first-order valence-electron chi connectivity index (χ1n) is 12.8. The Balaban J connectivity index is 5.59. The summed E-state index contributed by atoms with van der Waals surface area (Å²) in [5, 5.41) is 18.6. The third kappa shape index (κ3) is 15.5. The summed E-state index contributed by atoms with van der Waals surface area (Å²) in [5.41, 5.74) is 0. The van der Waals surface area contributed by atoms with Gasteiger partial charge in [0.25, 0.3) is 0 Å². The molecule has 0 aliphatic carbocycles. The minimum Gasteiger partial charge on any atom is -0.481 e. The number of ether oxygens (including phenoxy) is 1. The largest absolute Gasteiger partial charge is 0.679 e. The van der Waals surface area contributed by atoms with Crippen molar-refractivity contribution in [2.75, 3.05) is 39.6 Å². The maximum Gasteiger partial charge on any atom is 0.679 e. The molecule has 228 valence electrons. The summed E-state index contributed by atoms with van der Waals surface area (Å²) in [4.78, 5) is 47.9. The lowest BCUT2D eigenvalue weighted by atomic mass is 10.2. The second-order valence-corrected chi connectivity index (χ2v) is 11.7. The lowest BCUT2D eigenvalue weighted by Crippen LogP contribution is -2.52. The van der Waals surface area contributed by atoms with Gasteiger partial charge >= 0.3 is 42.0 Å². The van der Waals surface area contributed by atoms with E-state index in [0.29, 0.717) is 0 Å². The summed E-state index contributed by atoms with van der Waals surface area (Å²) in [6, 6.07) is 0. The number of hydrogen-bond acceptors (Lipinski definition) is 13. The Morgan fingerprint density at radius 3 is 0.974 bits per heavy atom. The summed E-state index contributed by atoms with van der Waals surface area (Å²) in [6.45, 7) is 10.8. The van der Waals surface area contributed by atoms with Crippen LogP contribution in [0.3, 0.4) is 0 Å². The van der Waals surface area contributed by atoms with Crippen molar-refractivity contribution < 1.29 is 69.5 Å². The van der Waals surface area contributed by atoms with Gasteiger partial charge < -0.3 is 50.4 Å². The van der Waals surface area contributed by atoms with Gasteiger partial charge in [0.2, 0.25) is 0 Å². The summed E-state index contributed by atoms with van der Waals surface area (Å²) < 4.78 is 49.5. The second-order valence-electron chi connectivity index (χ2n) is 7.53. The molecule has 0 heterocycles. The van der Waals surface area contributed by atoms with Gasteiger partial charge in [-0.15, -0.1) is 0 Å². The molecule has 2 unspecified atom stereocenters. The van der Waals surface area contributed by atoms with Crippen LogP contribution >= 0.6 is 0 Å². The van der Waals surface area contributed by atoms with Crippen molar-refractivity contribution in [2.45, 2.75) is 79.4 Å². The molecule has 0 aliphatic heterocycles. The molecule has 0 rings (SSSR count). The molecule has 0 aromatic heterocycles. The van der Waals surface area contributed by atoms with Gasteiger partial charge in [0, 0.05) is 39.6 Å². The standard InChI is InChI=1S/C22H42O15Si2/c1-7-29-38(30-8-2,31-9-3)36-17(13-19(23)24)15-21(27)35-22(28)16-18(14-20(25)26)37-39(32-10-4,33-11-5)34-12-6/h17-18H,7-16H2,1-6H3,(H,23,24)(H,25,26). The van der Waals surface area contributed by atoms with Crippen LogP contribution in [0.5, 0.6) is 0 Å². The summed E-state index contributed by atoms with van der Waals surface area (Å²) in [5.74, 6) is -4.80. The van der Waals surface area contributed by atoms with Crippen molar-refractivity contribution in [2.24, 2.45) is 0 Å². The summed E-state index contributed by atoms with van der Waals surface area (Å²) in [7, 11) is -7.61. The number of hydrogen-bond donors (Lipinski definition) is 2. The predicted octanol–water partition coefficient (Wildman–Crippen LogP) is 1.65. The Morgan fingerprint density at radius 1 is 0.513 bits per heavy atom. The Bertz CT molecular complexity index is 657. The second kappa shape index (κ2) is 20.1. The summed E-state index contributed by atoms with van der Waals surface area (Å²) >= 11 is 0. The molecule has 0 spiro atoms. The Labute approximate surface area is 230 Å². The molecule has 0 aromatic carbocycles. The molecule has 15 nitrogen and oxygen atoms in total. The fourth-order valence-corrected chi connectivity index (χ4v) is 7.39. The zero-order valence-corrected chi connectivity index (χ0v) is 25.4. The van der Waals surface area contributed by atoms with Crippen LogP contribution in [0, 0.1) is 0 Å². The first kappa shape index (κ1) is 37.2. The lowest BCUT2D eigenvalue weighted by Gasteiger charge is -2.30. The zero-order valence-electron chi connectivity index (χ0n) is 23.4. The molecule has 39 heavy (non-hydrogen) atoms. The van der Waals surface area contributed by atoms with Crippen LogP contribution in [0.2, 0.25) is 0 Å². The van der Waals surface area contributed by atoms with Gasteiger partial charge in [0.15, 0.2) is 0 Å². The normalized spacial score (nSPS) is 13.6. The molecule has 0 amide bonds. The number of carbonyl (C=O) groups excluding carboxylic acids is 2. The monoisotopic (exact) mass is 602 g/mol. The van der Waals surface area contributed by atoms with E-state index in [1.54, 1.807) is 41.5 Å². The van der Waals surface area contributed by atoms with E-state index in [0.717, 1.165) is 0 Å². The molecule has 2 atom stereocenters. The van der Waals surface area contributed by atoms with Gasteiger partial charge in [-0.1, -0.05) is 0 Å². The van der Waals surface area contributed by atoms with Crippen molar-refractivity contribution in [1.82, 2.24) is 0 Å². The van der Waals surface area contributed by atoms with Crippen LogP contribution in [0.1, 0.15) is 67.2 Å². The van der Waals surface area contributed by atoms with Crippen molar-refractivity contribution in [3.63, 3.8) is 0 Å². The topological polar surface area (TPSA) is 192 Å². The van der Waals surface area contributed by atoms with Crippen molar-refractivity contribution in [3.05, 3.63) is 0 Å². The maximum atomic E-state index is 12.6. The van der Waals surface area contributed by atoms with E-state index >= 15 is 0 Å². The average Bonchev–Trinajstić information content (AvgIpc) is 2.78. The Hall–Kier alpha value is -1.81. The highest BCUT2D eigenvalue weighted by atomic mass is 28.4. The van der Waals surface area contributed by atoms with Crippen LogP contribution in [0.15, 0.2) is 0 Å². The third-order valence-corrected chi connectivity index (χ3v) is 9.47. The first-order chi connectivity index (χ1) is 18.4. The molecule has 0 saturated heterocycles. The Kier molecular flexibility index (Phi) is 19.2. The van der Waals surface area contributed by atoms with Crippen molar-refractivity contribution in [1.29, 1.82) is 0 Å². The van der Waals surface area contributed by atoms with E-state index < -0.39 is 79.9 Å². The number of carboxylic acids is 2. The molecular formula is C22H42O15Si2. The SMILES string of the molecule is CCO[Si](OCC)(OCC)OC(CC(=O)O)CC(=O)OC(=O)CC(CC(=O)O)O[Si](OCC)(OCC)OCC. The van der Waals surface area contributed by atoms with Crippen molar-refractivity contribution >= 4 is 42.0 Å². The highest BCUT2D eigenvalue weighted by Gasteiger charge is 2.49. The van der Waals surface area contributed by atoms with Crippen molar-refractivity contribution in [3.8, 4) is 0 Å². The minimum atomic E-state index is -3.81. The molecule has 2 N–H and O–H groups in total. The number of carboxylic acid groups (broad SMARTS) is 2. The van der Waals surface area contributed by atoms with Gasteiger partial charge in [-0.3, -0.25) is 19.2 Å². The van der Waals surface area contributed by atoms with Gasteiger partial charge in [-0.05, 0) is 41.5 Å². The van der Waals surface area contributed by atoms with Gasteiger partial charge in [-0.25, -0.2) is 0 Å². The van der Waals surface area contributed by atoms with E-state index in [1.165, 1.54) is 0 Å². The van der Waals surface area contributed by atoms with Gasteiger partial charge in [0.05, 0.1) is 37.9 Å². The van der Waals surface area contributed by atoms with E-state index in [4.69, 9.17) is 40.1 Å². The number of aliphatic carboxylic acids is 2. The van der Waals surface area contributed by atoms with E-state index in [9.17, 15) is 29.4 Å². The molecule has 0 aromatic rings. The summed E-state index contributed by atoms with van der Waals surface area (Å²) in [6.07, 6.45) is -5.19. The minimum absolute atomic E-state index is 0.135. The van der Waals surface area contributed by atoms with E-state index in [2.05, 4.69) is 0 Å². The smallest absolute Gasteiger partial charge is 0.481 e. The van der Waals surface area contributed by atoms with Gasteiger partial charge in [-0.2, -0.15) is 0 Å². The number of carbonyl (C=O) groups is 4. The molecular weight excluding hydrogens is 560 g/mol. The van der Waals surface area contributed by atoms with E-state index in [1.807, 2.05) is 0 Å². The highest BCUT2D eigenvalue weighted by molar-refractivity contribution is 6.54. The molecule has 0 aliphatic rings. The van der Waals surface area contributed by atoms with Gasteiger partial charge in [0.1, 0.15) is 0 Å². The predicted molar refractivity (Wildman–Crippen MR) is 136 cm³/mol. The Morgan fingerprint density at radius 2 is 0.769 bits per heavy atom. The van der Waals surface area contributed by atoms with Crippen LogP contribution in [-0.4, -0.2) is 104 Å². The van der Waals surface area contributed by atoms with Crippen LogP contribution < -0.4 is 0 Å². The molecule has 0 bridgehead atoms. The molecule has 0 fully saturated rings. The molecule has 0 saturated carbocycles. The highest BCUT2D eigenvalue weighted by Crippen LogP contribution is 2.21. The maximum absolute atomic E-state index is 12.6. The van der Waals surface area contributed by atoms with Crippen LogP contribution in [0.4, 0.5) is 0 Å². The fraction of sp³-hybridized carbons (Fsp3) is 0.818. The molecule has 17 heteroatoms. The third-order valence-electron chi connectivity index (χ3n) is 4.37. The van der Waals surface area contributed by atoms with E-state index in [-0.39, 0.29) is 39.6 Å². The fourth-order valence-electron chi connectivity index (χ4n) is 3.21. The van der Waals surface area contributed by atoms with Crippen LogP contribution in [0.25, 0.3) is 0 Å². The van der Waals surface area contributed by atoms with Crippen LogP contribution in [-0.2, 0) is 59.3 Å². The molecule has 0 radical (unpaired) electrons. The lowest BCUT2D eigenvalue weighted by molar-refractivity contribution is -0.163. The quantitative estimate of drug-likeness (QED) is 0.0919. The first-order valence-corrected chi connectivity index (χ1v) is 16.1. The zero-order chi connectivity index (χ0) is 29.9. The number of esters is 2.